The molecule has 0 radical (unpaired) electrons. The fraction of sp³-hybridized carbons (Fsp3) is 0.455. The number of aliphatic carboxylic acids is 1. The number of rotatable bonds is 4. The molecule has 1 atom stereocenters. The lowest BCUT2D eigenvalue weighted by Gasteiger charge is -2.22. The highest BCUT2D eigenvalue weighted by Crippen LogP contribution is 2.26. The first kappa shape index (κ1) is 13.0. The number of aryl methyl sites for hydroxylation is 1. The van der Waals surface area contributed by atoms with E-state index in [1.54, 1.807) is 13.1 Å². The number of carboxylic acids is 1. The Morgan fingerprint density at radius 3 is 2.88 bits per heavy atom. The zero-order valence-corrected chi connectivity index (χ0v) is 11.2. The van der Waals surface area contributed by atoms with Crippen LogP contribution in [0.3, 0.4) is 0 Å². The van der Waals surface area contributed by atoms with Gasteiger partial charge in [-0.3, -0.25) is 4.79 Å². The molecule has 88 valence electrons. The van der Waals surface area contributed by atoms with Crippen molar-refractivity contribution in [2.45, 2.75) is 13.8 Å². The molecule has 0 saturated carbocycles. The van der Waals surface area contributed by atoms with Gasteiger partial charge >= 0.3 is 5.97 Å². The zero-order chi connectivity index (χ0) is 12.3. The number of hydrogen-bond acceptors (Lipinski definition) is 3. The molecular weight excluding hydrogens is 272 g/mol. The summed E-state index contributed by atoms with van der Waals surface area (Å²) in [5, 5.41) is 8.84. The summed E-state index contributed by atoms with van der Waals surface area (Å²) in [5.74, 6) is -0.442. The van der Waals surface area contributed by atoms with Crippen molar-refractivity contribution in [3.8, 4) is 0 Å². The van der Waals surface area contributed by atoms with Crippen LogP contribution in [0, 0.1) is 12.8 Å². The van der Waals surface area contributed by atoms with Crippen molar-refractivity contribution >= 4 is 27.7 Å². The van der Waals surface area contributed by atoms with Gasteiger partial charge in [0.05, 0.1) is 10.4 Å². The third-order valence-corrected chi connectivity index (χ3v) is 3.37. The van der Waals surface area contributed by atoms with Crippen LogP contribution in [-0.2, 0) is 4.79 Å². The summed E-state index contributed by atoms with van der Waals surface area (Å²) in [6.45, 7) is 4.09. The molecule has 1 aromatic rings. The number of carbonyl (C=O) groups is 1. The monoisotopic (exact) mass is 286 g/mol. The number of halogens is 1. The molecule has 1 rings (SSSR count). The van der Waals surface area contributed by atoms with E-state index in [4.69, 9.17) is 5.11 Å². The van der Waals surface area contributed by atoms with Crippen LogP contribution in [0.5, 0.6) is 0 Å². The number of pyridine rings is 1. The van der Waals surface area contributed by atoms with E-state index in [1.165, 1.54) is 0 Å². The molecule has 5 heteroatoms. The SMILES string of the molecule is Cc1ccnc(N(C)CC(C)C(=O)O)c1Br. The second-order valence-corrected chi connectivity index (χ2v) is 4.68. The van der Waals surface area contributed by atoms with E-state index < -0.39 is 11.9 Å². The number of aromatic nitrogens is 1. The highest BCUT2D eigenvalue weighted by molar-refractivity contribution is 9.10. The summed E-state index contributed by atoms with van der Waals surface area (Å²) in [6, 6.07) is 1.90. The molecule has 0 aliphatic carbocycles. The Labute approximate surface area is 103 Å². The normalized spacial score (nSPS) is 12.2. The van der Waals surface area contributed by atoms with Gasteiger partial charge in [0.25, 0.3) is 0 Å². The van der Waals surface area contributed by atoms with Crippen molar-refractivity contribution in [2.75, 3.05) is 18.5 Å². The van der Waals surface area contributed by atoms with E-state index >= 15 is 0 Å². The van der Waals surface area contributed by atoms with Gasteiger partial charge in [-0.25, -0.2) is 4.98 Å². The minimum absolute atomic E-state index is 0.417. The summed E-state index contributed by atoms with van der Waals surface area (Å²) in [7, 11) is 1.84. The third kappa shape index (κ3) is 2.95. The maximum Gasteiger partial charge on any atom is 0.308 e. The maximum absolute atomic E-state index is 10.8. The molecule has 0 fully saturated rings. The molecule has 0 aromatic carbocycles. The summed E-state index contributed by atoms with van der Waals surface area (Å²) < 4.78 is 0.912. The molecule has 4 nitrogen and oxygen atoms in total. The Balaban J connectivity index is 2.84. The van der Waals surface area contributed by atoms with Gasteiger partial charge in [-0.2, -0.15) is 0 Å². The predicted molar refractivity (Wildman–Crippen MR) is 66.7 cm³/mol. The smallest absolute Gasteiger partial charge is 0.308 e. The molecule has 0 aliphatic heterocycles. The van der Waals surface area contributed by atoms with Crippen LogP contribution in [0.15, 0.2) is 16.7 Å². The van der Waals surface area contributed by atoms with Gasteiger partial charge < -0.3 is 10.0 Å². The fourth-order valence-corrected chi connectivity index (χ4v) is 1.90. The molecule has 0 bridgehead atoms. The zero-order valence-electron chi connectivity index (χ0n) is 9.57. The summed E-state index contributed by atoms with van der Waals surface area (Å²) >= 11 is 3.46. The summed E-state index contributed by atoms with van der Waals surface area (Å²) in [6.07, 6.45) is 1.72. The first-order valence-corrected chi connectivity index (χ1v) is 5.77. The topological polar surface area (TPSA) is 53.4 Å². The van der Waals surface area contributed by atoms with Crippen molar-refractivity contribution in [1.82, 2.24) is 4.98 Å². The van der Waals surface area contributed by atoms with Crippen molar-refractivity contribution in [2.24, 2.45) is 5.92 Å². The van der Waals surface area contributed by atoms with Gasteiger partial charge in [0.2, 0.25) is 0 Å². The molecule has 0 spiro atoms. The largest absolute Gasteiger partial charge is 0.481 e. The predicted octanol–water partition coefficient (Wildman–Crippen LogP) is 2.31. The second kappa shape index (κ2) is 5.30. The molecule has 1 aromatic heterocycles. The van der Waals surface area contributed by atoms with E-state index in [0.29, 0.717) is 6.54 Å². The molecule has 1 N–H and O–H groups in total. The summed E-state index contributed by atoms with van der Waals surface area (Å²) in [5.41, 5.74) is 1.08. The van der Waals surface area contributed by atoms with E-state index in [-0.39, 0.29) is 0 Å². The Bertz CT molecular complexity index is 396. The molecule has 0 amide bonds. The van der Waals surface area contributed by atoms with Gasteiger partial charge in [-0.1, -0.05) is 6.92 Å². The average molecular weight is 287 g/mol. The van der Waals surface area contributed by atoms with Crippen molar-refractivity contribution in [3.63, 3.8) is 0 Å². The molecular formula is C11H15BrN2O2. The van der Waals surface area contributed by atoms with E-state index in [9.17, 15) is 4.79 Å². The van der Waals surface area contributed by atoms with Crippen LogP contribution in [0.25, 0.3) is 0 Å². The van der Waals surface area contributed by atoms with Crippen LogP contribution >= 0.6 is 15.9 Å². The highest BCUT2D eigenvalue weighted by Gasteiger charge is 2.16. The Hall–Kier alpha value is -1.10. The minimum Gasteiger partial charge on any atom is -0.481 e. The van der Waals surface area contributed by atoms with Crippen LogP contribution in [0.4, 0.5) is 5.82 Å². The van der Waals surface area contributed by atoms with Gasteiger partial charge in [-0.05, 0) is 34.5 Å². The number of anilines is 1. The van der Waals surface area contributed by atoms with Crippen molar-refractivity contribution in [1.29, 1.82) is 0 Å². The number of nitrogens with zero attached hydrogens (tertiary/aromatic N) is 2. The van der Waals surface area contributed by atoms with Gasteiger partial charge in [0, 0.05) is 19.8 Å². The van der Waals surface area contributed by atoms with Crippen LogP contribution in [0.2, 0.25) is 0 Å². The first-order valence-electron chi connectivity index (χ1n) is 4.98. The third-order valence-electron chi connectivity index (χ3n) is 2.39. The van der Waals surface area contributed by atoms with E-state index in [1.807, 2.05) is 24.9 Å². The average Bonchev–Trinajstić information content (AvgIpc) is 2.21. The first-order chi connectivity index (χ1) is 7.43. The Morgan fingerprint density at radius 1 is 1.69 bits per heavy atom. The lowest BCUT2D eigenvalue weighted by molar-refractivity contribution is -0.140. The van der Waals surface area contributed by atoms with Gasteiger partial charge in [0.1, 0.15) is 5.82 Å². The Morgan fingerprint density at radius 2 is 2.31 bits per heavy atom. The van der Waals surface area contributed by atoms with Crippen LogP contribution < -0.4 is 4.90 Å². The fourth-order valence-electron chi connectivity index (χ4n) is 1.37. The quantitative estimate of drug-likeness (QED) is 0.923. The maximum atomic E-state index is 10.8. The highest BCUT2D eigenvalue weighted by atomic mass is 79.9. The van der Waals surface area contributed by atoms with Crippen LogP contribution in [0.1, 0.15) is 12.5 Å². The number of hydrogen-bond donors (Lipinski definition) is 1. The van der Waals surface area contributed by atoms with Crippen molar-refractivity contribution < 1.29 is 9.90 Å². The molecule has 1 heterocycles. The number of carboxylic acid groups (broad SMARTS) is 1. The second-order valence-electron chi connectivity index (χ2n) is 3.89. The summed E-state index contributed by atoms with van der Waals surface area (Å²) in [4.78, 5) is 16.8. The van der Waals surface area contributed by atoms with E-state index in [0.717, 1.165) is 15.9 Å². The van der Waals surface area contributed by atoms with Gasteiger partial charge in [-0.15, -0.1) is 0 Å². The standard InChI is InChI=1S/C11H15BrN2O2/c1-7-4-5-13-10(9(7)12)14(3)6-8(2)11(15)16/h4-5,8H,6H2,1-3H3,(H,15,16). The Kier molecular flexibility index (Phi) is 4.29. The minimum atomic E-state index is -0.796. The molecule has 0 saturated heterocycles. The van der Waals surface area contributed by atoms with Crippen molar-refractivity contribution in [3.05, 3.63) is 22.3 Å². The van der Waals surface area contributed by atoms with Gasteiger partial charge in [0.15, 0.2) is 0 Å². The lowest BCUT2D eigenvalue weighted by atomic mass is 10.2. The molecule has 0 aliphatic rings. The van der Waals surface area contributed by atoms with Crippen LogP contribution in [-0.4, -0.2) is 29.7 Å². The van der Waals surface area contributed by atoms with E-state index in [2.05, 4.69) is 20.9 Å². The molecule has 1 unspecified atom stereocenters. The molecule has 16 heavy (non-hydrogen) atoms. The lowest BCUT2D eigenvalue weighted by Crippen LogP contribution is -2.29.